The first-order valence-corrected chi connectivity index (χ1v) is 13.0. The summed E-state index contributed by atoms with van der Waals surface area (Å²) in [7, 11) is -1.08. The number of pyridine rings is 1. The largest absolute Gasteiger partial charge is 0.362 e. The molecule has 0 fully saturated rings. The molecule has 3 aromatic rings. The highest BCUT2D eigenvalue weighted by Gasteiger charge is 2.11. The van der Waals surface area contributed by atoms with E-state index in [9.17, 15) is 4.79 Å². The van der Waals surface area contributed by atoms with Gasteiger partial charge in [0.05, 0.1) is 5.52 Å². The molecule has 0 bridgehead atoms. The average molecular weight is 382 g/mol. The molecule has 1 aromatic carbocycles. The van der Waals surface area contributed by atoms with Gasteiger partial charge in [-0.2, -0.15) is 24.7 Å². The number of ketones is 1. The number of Topliss-reactive ketones (excluding diaryl/α,β-unsaturated/α-hetero) is 1. The van der Waals surface area contributed by atoms with E-state index in [2.05, 4.69) is 29.7 Å². The van der Waals surface area contributed by atoms with Crippen molar-refractivity contribution < 1.29 is 9.53 Å². The minimum Gasteiger partial charge on any atom is -0.362 e. The van der Waals surface area contributed by atoms with E-state index in [1.54, 1.807) is 12.3 Å². The summed E-state index contributed by atoms with van der Waals surface area (Å²) in [4.78, 5) is 16.6. The van der Waals surface area contributed by atoms with Crippen LogP contribution in [-0.2, 0) is 17.9 Å². The molecule has 0 saturated heterocycles. The zero-order valence-corrected chi connectivity index (χ0v) is 17.5. The van der Waals surface area contributed by atoms with Crippen molar-refractivity contribution in [3.63, 3.8) is 0 Å². The van der Waals surface area contributed by atoms with Crippen molar-refractivity contribution in [3.8, 4) is 0 Å². The number of aromatic nitrogens is 3. The van der Waals surface area contributed by atoms with Crippen LogP contribution in [0.5, 0.6) is 0 Å². The second-order valence-corrected chi connectivity index (χ2v) is 13.8. The van der Waals surface area contributed by atoms with Crippen molar-refractivity contribution in [1.82, 2.24) is 14.8 Å². The Kier molecular flexibility index (Phi) is 5.87. The number of carbonyl (C=O) groups is 1. The van der Waals surface area contributed by atoms with Crippen LogP contribution in [0, 0.1) is 6.92 Å². The van der Waals surface area contributed by atoms with Crippen LogP contribution in [0.4, 0.5) is 0 Å². The Morgan fingerprint density at radius 2 is 2.04 bits per heavy atom. The number of nitrogens with zero attached hydrogens (tertiary/aromatic N) is 3. The van der Waals surface area contributed by atoms with Crippen molar-refractivity contribution in [3.05, 3.63) is 59.5 Å². The maximum Gasteiger partial charge on any atom is 0.185 e. The Balaban J connectivity index is 1.70. The van der Waals surface area contributed by atoms with Crippen molar-refractivity contribution in [2.45, 2.75) is 45.8 Å². The molecule has 2 heterocycles. The quantitative estimate of drug-likeness (QED) is 0.328. The van der Waals surface area contributed by atoms with E-state index in [1.807, 2.05) is 42.1 Å². The Bertz CT molecular complexity index is 930. The fourth-order valence-corrected chi connectivity index (χ4v) is 3.70. The Morgan fingerprint density at radius 3 is 2.74 bits per heavy atom. The molecule has 143 valence electrons. The normalized spacial score (nSPS) is 11.9. The van der Waals surface area contributed by atoms with Crippen LogP contribution in [0.1, 0.15) is 21.6 Å². The van der Waals surface area contributed by atoms with Gasteiger partial charge in [-0.3, -0.25) is 9.78 Å². The minimum absolute atomic E-state index is 0.0245. The summed E-state index contributed by atoms with van der Waals surface area (Å²) in [6.45, 7) is 10.3. The van der Waals surface area contributed by atoms with Crippen LogP contribution in [0.25, 0.3) is 10.9 Å². The monoisotopic (exact) mass is 381 g/mol. The lowest BCUT2D eigenvalue weighted by atomic mass is 10.0. The van der Waals surface area contributed by atoms with Gasteiger partial charge in [0.2, 0.25) is 0 Å². The SMILES string of the molecule is Cc1cc(CC(=O)c2ccccn2)cc2cn(COCC[Si-](C)(C)C)nc12. The third kappa shape index (κ3) is 5.34. The molecule has 0 aliphatic heterocycles. The Labute approximate surface area is 161 Å². The first kappa shape index (κ1) is 19.4. The maximum atomic E-state index is 12.4. The molecule has 2 aromatic heterocycles. The zero-order valence-electron chi connectivity index (χ0n) is 16.5. The highest BCUT2D eigenvalue weighted by molar-refractivity contribution is 6.76. The molecule has 0 spiro atoms. The second-order valence-electron chi connectivity index (χ2n) is 8.18. The zero-order chi connectivity index (χ0) is 19.4. The molecule has 0 amide bonds. The van der Waals surface area contributed by atoms with Crippen molar-refractivity contribution >= 4 is 24.8 Å². The Morgan fingerprint density at radius 1 is 1.22 bits per heavy atom. The molecule has 5 nitrogen and oxygen atoms in total. The lowest BCUT2D eigenvalue weighted by Crippen LogP contribution is -2.22. The van der Waals surface area contributed by atoms with Crippen LogP contribution in [0.2, 0.25) is 25.7 Å². The summed E-state index contributed by atoms with van der Waals surface area (Å²) in [5.41, 5.74) is 3.51. The number of fused-ring (bicyclic) bond motifs is 1. The summed E-state index contributed by atoms with van der Waals surface area (Å²) in [6.07, 6.45) is 3.98. The molecular weight excluding hydrogens is 354 g/mol. The lowest BCUT2D eigenvalue weighted by molar-refractivity contribution is 0.0791. The first-order valence-electron chi connectivity index (χ1n) is 9.30. The molecule has 0 atom stereocenters. The summed E-state index contributed by atoms with van der Waals surface area (Å²) in [6, 6.07) is 10.6. The third-order valence-corrected chi connectivity index (χ3v) is 6.15. The summed E-state index contributed by atoms with van der Waals surface area (Å²) in [5, 5.41) is 5.67. The van der Waals surface area contributed by atoms with Crippen LogP contribution in [0.3, 0.4) is 0 Å². The molecule has 27 heavy (non-hydrogen) atoms. The van der Waals surface area contributed by atoms with E-state index in [4.69, 9.17) is 4.74 Å². The number of hydrogen-bond donors (Lipinski definition) is 0. The minimum atomic E-state index is -1.08. The van der Waals surface area contributed by atoms with Gasteiger partial charge in [0.25, 0.3) is 0 Å². The fraction of sp³-hybridized carbons (Fsp3) is 0.381. The van der Waals surface area contributed by atoms with Crippen LogP contribution in [-0.4, -0.2) is 35.2 Å². The van der Waals surface area contributed by atoms with Gasteiger partial charge in [-0.05, 0) is 36.2 Å². The van der Waals surface area contributed by atoms with Gasteiger partial charge in [-0.15, -0.1) is 14.1 Å². The van der Waals surface area contributed by atoms with Gasteiger partial charge in [0, 0.05) is 30.8 Å². The maximum absolute atomic E-state index is 12.4. The number of carbonyl (C=O) groups excluding carboxylic acids is 1. The number of ether oxygens (including phenoxy) is 1. The molecule has 3 rings (SSSR count). The van der Waals surface area contributed by atoms with E-state index < -0.39 is 8.07 Å². The highest BCUT2D eigenvalue weighted by Crippen LogP contribution is 2.20. The summed E-state index contributed by atoms with van der Waals surface area (Å²) in [5.74, 6) is 0.0245. The van der Waals surface area contributed by atoms with Crippen molar-refractivity contribution in [2.75, 3.05) is 6.61 Å². The molecule has 0 aliphatic rings. The van der Waals surface area contributed by atoms with Crippen molar-refractivity contribution in [2.24, 2.45) is 0 Å². The molecule has 0 unspecified atom stereocenters. The summed E-state index contributed by atoms with van der Waals surface area (Å²) < 4.78 is 7.63. The van der Waals surface area contributed by atoms with Gasteiger partial charge in [-0.1, -0.05) is 12.1 Å². The number of hydrogen-bond acceptors (Lipinski definition) is 4. The fourth-order valence-electron chi connectivity index (χ4n) is 2.95. The topological polar surface area (TPSA) is 57.0 Å². The van der Waals surface area contributed by atoms with Crippen LogP contribution < -0.4 is 0 Å². The first-order chi connectivity index (χ1) is 12.8. The second kappa shape index (κ2) is 8.15. The predicted octanol–water partition coefficient (Wildman–Crippen LogP) is 4.48. The van der Waals surface area contributed by atoms with Crippen molar-refractivity contribution in [1.29, 1.82) is 0 Å². The van der Waals surface area contributed by atoms with Gasteiger partial charge >= 0.3 is 0 Å². The van der Waals surface area contributed by atoms with E-state index in [1.165, 1.54) is 0 Å². The molecule has 0 aliphatic carbocycles. The van der Waals surface area contributed by atoms with Gasteiger partial charge in [-0.25, -0.2) is 4.68 Å². The molecule has 0 saturated carbocycles. The van der Waals surface area contributed by atoms with Crippen LogP contribution in [0.15, 0.2) is 42.7 Å². The van der Waals surface area contributed by atoms with Gasteiger partial charge < -0.3 is 4.74 Å². The smallest absolute Gasteiger partial charge is 0.185 e. The number of benzene rings is 1. The van der Waals surface area contributed by atoms with Gasteiger partial charge in [0.15, 0.2) is 5.78 Å². The number of aryl methyl sites for hydroxylation is 1. The average Bonchev–Trinajstić information content (AvgIpc) is 3.02. The predicted molar refractivity (Wildman–Crippen MR) is 111 cm³/mol. The number of rotatable bonds is 8. The third-order valence-electron chi connectivity index (χ3n) is 4.44. The van der Waals surface area contributed by atoms with E-state index >= 15 is 0 Å². The van der Waals surface area contributed by atoms with E-state index in [-0.39, 0.29) is 5.78 Å². The lowest BCUT2D eigenvalue weighted by Gasteiger charge is -2.26. The highest BCUT2D eigenvalue weighted by atomic mass is 28.3. The van der Waals surface area contributed by atoms with Gasteiger partial charge in [0.1, 0.15) is 12.4 Å². The molecule has 0 N–H and O–H groups in total. The molecular formula is C21H27N3O2Si-. The summed E-state index contributed by atoms with van der Waals surface area (Å²) >= 11 is 0. The van der Waals surface area contributed by atoms with E-state index in [0.717, 1.165) is 34.7 Å². The molecule has 6 heteroatoms. The van der Waals surface area contributed by atoms with Crippen LogP contribution >= 0.6 is 0 Å². The van der Waals surface area contributed by atoms with E-state index in [0.29, 0.717) is 18.8 Å². The molecule has 0 radical (unpaired) electrons. The Hall–Kier alpha value is -2.31. The standard InChI is InChI=1S/C21H27N3O2Si/c1-16-11-17(13-20(25)19-7-5-6-8-22-19)12-18-14-24(23-21(16)18)15-26-9-10-27(2,3)4/h5-8,11-12,14H,9-10,13,15H2,1-4H3/q-1.